The Balaban J connectivity index is 1.47. The number of fused-ring (bicyclic) bond motifs is 3. The predicted molar refractivity (Wildman–Crippen MR) is 113 cm³/mol. The molecule has 2 atom stereocenters. The number of nitrogens with zero attached hydrogens (tertiary/aromatic N) is 1. The molecule has 4 rings (SSSR count). The molecular formula is C24H25FN2O. The van der Waals surface area contributed by atoms with E-state index < -0.39 is 6.10 Å². The van der Waals surface area contributed by atoms with Gasteiger partial charge in [0, 0.05) is 34.9 Å². The van der Waals surface area contributed by atoms with Crippen molar-refractivity contribution < 1.29 is 9.50 Å². The van der Waals surface area contributed by atoms with Gasteiger partial charge in [-0.05, 0) is 35.7 Å². The van der Waals surface area contributed by atoms with Gasteiger partial charge >= 0.3 is 0 Å². The molecule has 4 heteroatoms. The molecule has 2 N–H and O–H groups in total. The Bertz CT molecular complexity index is 1070. The monoisotopic (exact) mass is 376 g/mol. The highest BCUT2D eigenvalue weighted by Gasteiger charge is 2.14. The van der Waals surface area contributed by atoms with Crippen LogP contribution in [0.1, 0.15) is 18.4 Å². The first-order chi connectivity index (χ1) is 13.6. The molecule has 3 nitrogen and oxygen atoms in total. The van der Waals surface area contributed by atoms with Crippen LogP contribution in [0.2, 0.25) is 0 Å². The summed E-state index contributed by atoms with van der Waals surface area (Å²) in [5, 5.41) is 15.9. The summed E-state index contributed by atoms with van der Waals surface area (Å²) in [6, 6.07) is 23.2. The zero-order valence-corrected chi connectivity index (χ0v) is 16.0. The van der Waals surface area contributed by atoms with Crippen molar-refractivity contribution in [1.82, 2.24) is 9.88 Å². The van der Waals surface area contributed by atoms with Gasteiger partial charge in [-0.3, -0.25) is 0 Å². The number of hydrogen-bond donors (Lipinski definition) is 2. The van der Waals surface area contributed by atoms with Crippen LogP contribution in [0.25, 0.3) is 21.8 Å². The Kier molecular flexibility index (Phi) is 5.42. The summed E-state index contributed by atoms with van der Waals surface area (Å²) in [5.74, 6) is 0.136. The third kappa shape index (κ3) is 3.79. The van der Waals surface area contributed by atoms with Gasteiger partial charge < -0.3 is 15.0 Å². The van der Waals surface area contributed by atoms with Crippen LogP contribution in [0.3, 0.4) is 0 Å². The number of nitrogens with one attached hydrogen (secondary N) is 1. The number of halogens is 1. The lowest BCUT2D eigenvalue weighted by Gasteiger charge is -2.17. The first kappa shape index (κ1) is 18.7. The van der Waals surface area contributed by atoms with Gasteiger partial charge in [0.15, 0.2) is 0 Å². The molecule has 0 fully saturated rings. The maximum Gasteiger partial charge on any atom is 0.123 e. The van der Waals surface area contributed by atoms with Crippen LogP contribution in [-0.2, 0) is 6.54 Å². The second kappa shape index (κ2) is 8.13. The van der Waals surface area contributed by atoms with Crippen LogP contribution in [0.4, 0.5) is 4.39 Å². The largest absolute Gasteiger partial charge is 0.390 e. The van der Waals surface area contributed by atoms with Crippen LogP contribution in [0.5, 0.6) is 0 Å². The Morgan fingerprint density at radius 1 is 0.893 bits per heavy atom. The fourth-order valence-electron chi connectivity index (χ4n) is 3.86. The number of aliphatic hydroxyl groups excluding tert-OH is 1. The van der Waals surface area contributed by atoms with Crippen LogP contribution in [-0.4, -0.2) is 28.9 Å². The van der Waals surface area contributed by atoms with Crippen molar-refractivity contribution in [3.8, 4) is 0 Å². The summed E-state index contributed by atoms with van der Waals surface area (Å²) in [4.78, 5) is 0. The van der Waals surface area contributed by atoms with Gasteiger partial charge in [0.2, 0.25) is 0 Å². The van der Waals surface area contributed by atoms with Crippen LogP contribution in [0.15, 0.2) is 72.8 Å². The van der Waals surface area contributed by atoms with E-state index in [1.165, 1.54) is 11.6 Å². The van der Waals surface area contributed by atoms with Crippen molar-refractivity contribution >= 4 is 21.8 Å². The Morgan fingerprint density at radius 3 is 2.43 bits per heavy atom. The molecule has 0 spiro atoms. The molecule has 1 aromatic heterocycles. The Hall–Kier alpha value is -2.69. The summed E-state index contributed by atoms with van der Waals surface area (Å²) in [5.41, 5.74) is 3.24. The molecule has 0 aliphatic heterocycles. The average Bonchev–Trinajstić information content (AvgIpc) is 3.02. The molecule has 0 amide bonds. The second-order valence-corrected chi connectivity index (χ2v) is 7.41. The molecule has 3 aromatic carbocycles. The van der Waals surface area contributed by atoms with Crippen LogP contribution in [0, 0.1) is 5.82 Å². The lowest BCUT2D eigenvalue weighted by Crippen LogP contribution is -2.32. The van der Waals surface area contributed by atoms with Crippen molar-refractivity contribution in [2.24, 2.45) is 0 Å². The van der Waals surface area contributed by atoms with Gasteiger partial charge in [0.1, 0.15) is 5.82 Å². The van der Waals surface area contributed by atoms with E-state index in [4.69, 9.17) is 0 Å². The summed E-state index contributed by atoms with van der Waals surface area (Å²) < 4.78 is 15.8. The molecule has 1 unspecified atom stereocenters. The van der Waals surface area contributed by atoms with E-state index in [1.54, 1.807) is 12.1 Å². The molecule has 28 heavy (non-hydrogen) atoms. The topological polar surface area (TPSA) is 37.2 Å². The second-order valence-electron chi connectivity index (χ2n) is 7.41. The molecule has 0 aliphatic carbocycles. The summed E-state index contributed by atoms with van der Waals surface area (Å²) in [6.45, 7) is 3.95. The summed E-state index contributed by atoms with van der Waals surface area (Å²) in [6.07, 6.45) is -0.535. The molecule has 0 radical (unpaired) electrons. The SMILES string of the molecule is C[C@@H](CNCC(O)Cn1c2ccccc2c2cc(F)ccc21)c1ccccc1. The highest BCUT2D eigenvalue weighted by Crippen LogP contribution is 2.29. The number of hydrogen-bond acceptors (Lipinski definition) is 2. The molecule has 0 saturated heterocycles. The first-order valence-corrected chi connectivity index (χ1v) is 9.73. The molecular weight excluding hydrogens is 351 g/mol. The maximum absolute atomic E-state index is 13.7. The van der Waals surface area contributed by atoms with Crippen molar-refractivity contribution in [2.75, 3.05) is 13.1 Å². The minimum absolute atomic E-state index is 0.243. The minimum Gasteiger partial charge on any atom is -0.390 e. The zero-order chi connectivity index (χ0) is 19.5. The van der Waals surface area contributed by atoms with E-state index in [-0.39, 0.29) is 5.82 Å². The normalized spacial score (nSPS) is 13.8. The van der Waals surface area contributed by atoms with E-state index in [0.717, 1.165) is 28.4 Å². The van der Waals surface area contributed by atoms with E-state index in [0.29, 0.717) is 19.0 Å². The molecule has 0 bridgehead atoms. The molecule has 4 aromatic rings. The number of benzene rings is 3. The fourth-order valence-corrected chi connectivity index (χ4v) is 3.86. The van der Waals surface area contributed by atoms with Crippen LogP contribution >= 0.6 is 0 Å². The van der Waals surface area contributed by atoms with Gasteiger partial charge in [-0.1, -0.05) is 55.5 Å². The standard InChI is InChI=1S/C24H25FN2O/c1-17(18-7-3-2-4-8-18)14-26-15-20(28)16-27-23-10-6-5-9-21(23)22-13-19(25)11-12-24(22)27/h2-13,17,20,26,28H,14-16H2,1H3/t17-,20?/m0/s1. The van der Waals surface area contributed by atoms with Crippen molar-refractivity contribution in [3.63, 3.8) is 0 Å². The van der Waals surface area contributed by atoms with Gasteiger partial charge in [0.05, 0.1) is 12.6 Å². The highest BCUT2D eigenvalue weighted by atomic mass is 19.1. The lowest BCUT2D eigenvalue weighted by atomic mass is 10.0. The van der Waals surface area contributed by atoms with Crippen molar-refractivity contribution in [1.29, 1.82) is 0 Å². The quantitative estimate of drug-likeness (QED) is 0.491. The van der Waals surface area contributed by atoms with Crippen LogP contribution < -0.4 is 5.32 Å². The molecule has 0 aliphatic rings. The van der Waals surface area contributed by atoms with Gasteiger partial charge in [-0.15, -0.1) is 0 Å². The number of aromatic nitrogens is 1. The number of aliphatic hydroxyl groups is 1. The van der Waals surface area contributed by atoms with Crippen molar-refractivity contribution in [3.05, 3.63) is 84.2 Å². The van der Waals surface area contributed by atoms with E-state index in [9.17, 15) is 9.50 Å². The van der Waals surface area contributed by atoms with E-state index in [2.05, 4.69) is 28.9 Å². The van der Waals surface area contributed by atoms with Gasteiger partial charge in [-0.25, -0.2) is 4.39 Å². The third-order valence-electron chi connectivity index (χ3n) is 5.33. The summed E-state index contributed by atoms with van der Waals surface area (Å²) in [7, 11) is 0. The average molecular weight is 376 g/mol. The third-order valence-corrected chi connectivity index (χ3v) is 5.33. The first-order valence-electron chi connectivity index (χ1n) is 9.73. The Morgan fingerprint density at radius 2 is 1.61 bits per heavy atom. The number of rotatable bonds is 7. The maximum atomic E-state index is 13.7. The van der Waals surface area contributed by atoms with Gasteiger partial charge in [0.25, 0.3) is 0 Å². The summed E-state index contributed by atoms with van der Waals surface area (Å²) >= 11 is 0. The molecule has 0 saturated carbocycles. The zero-order valence-electron chi connectivity index (χ0n) is 16.0. The van der Waals surface area contributed by atoms with E-state index in [1.807, 2.05) is 42.5 Å². The smallest absolute Gasteiger partial charge is 0.123 e. The fraction of sp³-hybridized carbons (Fsp3) is 0.250. The number of para-hydroxylation sites is 1. The van der Waals surface area contributed by atoms with Crippen molar-refractivity contribution in [2.45, 2.75) is 25.5 Å². The molecule has 1 heterocycles. The molecule has 144 valence electrons. The minimum atomic E-state index is -0.535. The Labute approximate surface area is 164 Å². The van der Waals surface area contributed by atoms with Gasteiger partial charge in [-0.2, -0.15) is 0 Å². The predicted octanol–water partition coefficient (Wildman–Crippen LogP) is 4.69. The highest BCUT2D eigenvalue weighted by molar-refractivity contribution is 6.08. The van der Waals surface area contributed by atoms with E-state index >= 15 is 0 Å². The lowest BCUT2D eigenvalue weighted by molar-refractivity contribution is 0.154.